The number of fused-ring (bicyclic) bond motifs is 1. The Balaban J connectivity index is 1.95. The lowest BCUT2D eigenvalue weighted by Crippen LogP contribution is -2.19. The lowest BCUT2D eigenvalue weighted by molar-refractivity contribution is -0.143. The van der Waals surface area contributed by atoms with E-state index in [1.165, 1.54) is 37.7 Å². The van der Waals surface area contributed by atoms with Gasteiger partial charge in [-0.15, -0.1) is 0 Å². The number of benzene rings is 1. The molecule has 1 N–H and O–H groups in total. The summed E-state index contributed by atoms with van der Waals surface area (Å²) < 4.78 is 57.0. The van der Waals surface area contributed by atoms with Gasteiger partial charge in [0.1, 0.15) is 17.2 Å². The summed E-state index contributed by atoms with van der Waals surface area (Å²) in [6.07, 6.45) is -1.88. The zero-order chi connectivity index (χ0) is 28.1. The van der Waals surface area contributed by atoms with Crippen LogP contribution >= 0.6 is 0 Å². The first-order chi connectivity index (χ1) is 18.5. The van der Waals surface area contributed by atoms with Crippen LogP contribution in [-0.4, -0.2) is 37.9 Å². The van der Waals surface area contributed by atoms with E-state index in [4.69, 9.17) is 9.26 Å². The summed E-state index contributed by atoms with van der Waals surface area (Å²) in [6, 6.07) is 9.55. The Hall–Kier alpha value is -4.67. The second-order valence-corrected chi connectivity index (χ2v) is 9.03. The summed E-state index contributed by atoms with van der Waals surface area (Å²) in [5, 5.41) is 13.6. The largest absolute Gasteiger partial charge is 0.496 e. The minimum absolute atomic E-state index is 0.0291. The SMILES string of the molecule is COc1ccc(C(=O)O)cc1-c1c(C(F)(F)F)n([C@@H](C)c2ccccn2)c2cc(-c3c(C)noc3C)cnc12. The van der Waals surface area contributed by atoms with E-state index in [0.717, 1.165) is 4.57 Å². The molecular weight excluding hydrogens is 513 g/mol. The molecule has 0 bridgehead atoms. The minimum atomic E-state index is -4.85. The van der Waals surface area contributed by atoms with E-state index in [1.807, 2.05) is 0 Å². The molecule has 0 spiro atoms. The second-order valence-electron chi connectivity index (χ2n) is 9.03. The Morgan fingerprint density at radius 3 is 2.46 bits per heavy atom. The number of alkyl halides is 3. The summed E-state index contributed by atoms with van der Waals surface area (Å²) >= 11 is 0. The average Bonchev–Trinajstić information content (AvgIpc) is 3.44. The fourth-order valence-electron chi connectivity index (χ4n) is 4.94. The van der Waals surface area contributed by atoms with Gasteiger partial charge >= 0.3 is 12.1 Å². The fourth-order valence-corrected chi connectivity index (χ4v) is 4.94. The number of hydrogen-bond acceptors (Lipinski definition) is 6. The van der Waals surface area contributed by atoms with Crippen molar-refractivity contribution in [3.63, 3.8) is 0 Å². The van der Waals surface area contributed by atoms with Crippen molar-refractivity contribution in [1.29, 1.82) is 0 Å². The van der Waals surface area contributed by atoms with Gasteiger partial charge in [0.05, 0.1) is 41.1 Å². The molecule has 5 aromatic rings. The Morgan fingerprint density at radius 1 is 1.10 bits per heavy atom. The third-order valence-corrected chi connectivity index (χ3v) is 6.65. The van der Waals surface area contributed by atoms with Gasteiger partial charge in [-0.05, 0) is 57.2 Å². The Bertz CT molecular complexity index is 1690. The maximum Gasteiger partial charge on any atom is 0.432 e. The van der Waals surface area contributed by atoms with Crippen molar-refractivity contribution in [3.8, 4) is 28.0 Å². The van der Waals surface area contributed by atoms with Crippen LogP contribution in [0.15, 0.2) is 59.4 Å². The van der Waals surface area contributed by atoms with Gasteiger partial charge in [0, 0.05) is 34.6 Å². The first-order valence-corrected chi connectivity index (χ1v) is 11.9. The Labute approximate surface area is 220 Å². The lowest BCUT2D eigenvalue weighted by Gasteiger charge is -2.21. The van der Waals surface area contributed by atoms with Gasteiger partial charge in [-0.3, -0.25) is 9.97 Å². The van der Waals surface area contributed by atoms with Gasteiger partial charge < -0.3 is 18.9 Å². The number of hydrogen-bond donors (Lipinski definition) is 1. The molecule has 4 aromatic heterocycles. The summed E-state index contributed by atoms with van der Waals surface area (Å²) in [5.74, 6) is -0.713. The molecule has 200 valence electrons. The maximum absolute atomic E-state index is 15.1. The number of aromatic carboxylic acids is 1. The van der Waals surface area contributed by atoms with Crippen LogP contribution < -0.4 is 4.74 Å². The molecule has 5 rings (SSSR count). The number of aryl methyl sites for hydroxylation is 2. The molecule has 0 aliphatic heterocycles. The van der Waals surface area contributed by atoms with E-state index >= 15 is 13.2 Å². The normalized spacial score (nSPS) is 12.6. The highest BCUT2D eigenvalue weighted by molar-refractivity contribution is 6.00. The van der Waals surface area contributed by atoms with Crippen LogP contribution in [0.4, 0.5) is 13.2 Å². The topological polar surface area (TPSA) is 103 Å². The molecule has 0 fully saturated rings. The molecule has 0 saturated carbocycles. The van der Waals surface area contributed by atoms with Crippen LogP contribution in [0.3, 0.4) is 0 Å². The van der Waals surface area contributed by atoms with E-state index in [1.54, 1.807) is 45.0 Å². The van der Waals surface area contributed by atoms with E-state index in [-0.39, 0.29) is 33.5 Å². The van der Waals surface area contributed by atoms with Crippen LogP contribution in [0.5, 0.6) is 5.75 Å². The highest BCUT2D eigenvalue weighted by Gasteiger charge is 2.42. The third kappa shape index (κ3) is 4.39. The quantitative estimate of drug-likeness (QED) is 0.257. The molecule has 0 aliphatic carbocycles. The summed E-state index contributed by atoms with van der Waals surface area (Å²) in [5.41, 5.74) is 0.810. The highest BCUT2D eigenvalue weighted by Crippen LogP contribution is 2.48. The van der Waals surface area contributed by atoms with E-state index in [9.17, 15) is 9.90 Å². The molecular formula is C28H23F3N4O4. The highest BCUT2D eigenvalue weighted by atomic mass is 19.4. The zero-order valence-electron chi connectivity index (χ0n) is 21.4. The third-order valence-electron chi connectivity index (χ3n) is 6.65. The van der Waals surface area contributed by atoms with Crippen molar-refractivity contribution in [2.45, 2.75) is 33.0 Å². The number of carbonyl (C=O) groups is 1. The van der Waals surface area contributed by atoms with Crippen LogP contribution in [0.2, 0.25) is 0 Å². The molecule has 0 radical (unpaired) electrons. The molecule has 8 nitrogen and oxygen atoms in total. The van der Waals surface area contributed by atoms with Gasteiger partial charge in [0.2, 0.25) is 0 Å². The van der Waals surface area contributed by atoms with E-state index < -0.39 is 23.9 Å². The molecule has 1 aromatic carbocycles. The van der Waals surface area contributed by atoms with Gasteiger partial charge in [0.25, 0.3) is 0 Å². The van der Waals surface area contributed by atoms with Crippen molar-refractivity contribution in [3.05, 3.63) is 83.3 Å². The number of rotatable bonds is 6. The van der Waals surface area contributed by atoms with Crippen LogP contribution in [0.25, 0.3) is 33.3 Å². The fraction of sp³-hybridized carbons (Fsp3) is 0.214. The molecule has 39 heavy (non-hydrogen) atoms. The number of nitrogens with zero attached hydrogens (tertiary/aromatic N) is 4. The maximum atomic E-state index is 15.1. The lowest BCUT2D eigenvalue weighted by atomic mass is 9.99. The van der Waals surface area contributed by atoms with E-state index in [2.05, 4.69) is 15.1 Å². The average molecular weight is 537 g/mol. The van der Waals surface area contributed by atoms with Crippen LogP contribution in [0.1, 0.15) is 46.2 Å². The summed E-state index contributed by atoms with van der Waals surface area (Å²) in [4.78, 5) is 20.6. The van der Waals surface area contributed by atoms with Crippen molar-refractivity contribution in [2.75, 3.05) is 7.11 Å². The summed E-state index contributed by atoms with van der Waals surface area (Å²) in [7, 11) is 1.31. The molecule has 0 amide bonds. The predicted molar refractivity (Wildman–Crippen MR) is 137 cm³/mol. The van der Waals surface area contributed by atoms with Crippen molar-refractivity contribution in [2.24, 2.45) is 0 Å². The van der Waals surface area contributed by atoms with Gasteiger partial charge in [0.15, 0.2) is 0 Å². The predicted octanol–water partition coefficient (Wildman–Crippen LogP) is 6.71. The zero-order valence-corrected chi connectivity index (χ0v) is 21.4. The minimum Gasteiger partial charge on any atom is -0.496 e. The van der Waals surface area contributed by atoms with Crippen molar-refractivity contribution >= 4 is 17.0 Å². The monoisotopic (exact) mass is 536 g/mol. The van der Waals surface area contributed by atoms with Crippen molar-refractivity contribution < 1.29 is 32.3 Å². The number of ether oxygens (including phenoxy) is 1. The Morgan fingerprint density at radius 2 is 1.87 bits per heavy atom. The van der Waals surface area contributed by atoms with Gasteiger partial charge in [-0.2, -0.15) is 13.2 Å². The van der Waals surface area contributed by atoms with Crippen molar-refractivity contribution in [1.82, 2.24) is 19.7 Å². The molecule has 0 unspecified atom stereocenters. The smallest absolute Gasteiger partial charge is 0.432 e. The first-order valence-electron chi connectivity index (χ1n) is 11.9. The molecule has 11 heteroatoms. The first kappa shape index (κ1) is 26.0. The summed E-state index contributed by atoms with van der Waals surface area (Å²) in [6.45, 7) is 5.07. The Kier molecular flexibility index (Phi) is 6.37. The number of aromatic nitrogens is 4. The van der Waals surface area contributed by atoms with Gasteiger partial charge in [-0.25, -0.2) is 4.79 Å². The number of carboxylic acids is 1. The van der Waals surface area contributed by atoms with E-state index in [0.29, 0.717) is 28.3 Å². The molecule has 0 aliphatic rings. The molecule has 1 atom stereocenters. The van der Waals surface area contributed by atoms with Gasteiger partial charge in [-0.1, -0.05) is 11.2 Å². The van der Waals surface area contributed by atoms with Crippen LogP contribution in [-0.2, 0) is 6.18 Å². The van der Waals surface area contributed by atoms with Crippen LogP contribution in [0, 0.1) is 13.8 Å². The number of pyridine rings is 2. The number of carboxylic acid groups (broad SMARTS) is 1. The second kappa shape index (κ2) is 9.57. The molecule has 4 heterocycles. The molecule has 0 saturated heterocycles. The number of methoxy groups -OCH3 is 1. The number of halogens is 3. The standard InChI is InChI=1S/C28H23F3N4O4/c1-14-23(16(3)39-34-14)18-12-21-25(33-13-18)24(19-11-17(27(36)37)8-9-22(19)38-4)26(28(29,30)31)35(21)15(2)20-7-5-6-10-32-20/h5-13,15H,1-4H3,(H,36,37)/t15-/m0/s1.